The minimum absolute atomic E-state index is 0.00980. The van der Waals surface area contributed by atoms with Crippen molar-refractivity contribution in [3.8, 4) is 5.75 Å². The molecular formula is C25H28ClN3O5. The highest BCUT2D eigenvalue weighted by Gasteiger charge is 2.27. The topological polar surface area (TPSA) is 124 Å². The van der Waals surface area contributed by atoms with E-state index in [1.165, 1.54) is 7.11 Å². The van der Waals surface area contributed by atoms with Crippen LogP contribution in [0.25, 0.3) is 0 Å². The number of rotatable bonds is 12. The zero-order chi connectivity index (χ0) is 25.3. The summed E-state index contributed by atoms with van der Waals surface area (Å²) in [5.41, 5.74) is 8.08. The number of halogens is 1. The predicted octanol–water partition coefficient (Wildman–Crippen LogP) is 4.18. The number of amidine groups is 1. The molecule has 8 nitrogen and oxygen atoms in total. The standard InChI is InChI=1S/C25H28ClN3O5/c1-5-6-17-13-18(26)14-20(22(17)33-11-12-34-24(30)15(2)3)21(25(31)32-4)29-19-9-7-16(8-10-19)23(27)28/h5,7-10,13-14,21,29H,1-2,6,11-12H2,3-4H3,(H3,27,28). The van der Waals surface area contributed by atoms with E-state index in [9.17, 15) is 9.59 Å². The van der Waals surface area contributed by atoms with Crippen LogP contribution >= 0.6 is 11.6 Å². The second-order valence-corrected chi connectivity index (χ2v) is 7.77. The third-order valence-corrected chi connectivity index (χ3v) is 4.91. The van der Waals surface area contributed by atoms with Gasteiger partial charge in [0.1, 0.15) is 24.8 Å². The Balaban J connectivity index is 2.41. The zero-order valence-corrected chi connectivity index (χ0v) is 19.9. The van der Waals surface area contributed by atoms with Gasteiger partial charge >= 0.3 is 11.9 Å². The number of nitrogens with two attached hydrogens (primary N) is 1. The molecule has 0 radical (unpaired) electrons. The van der Waals surface area contributed by atoms with Gasteiger partial charge in [-0.3, -0.25) is 5.41 Å². The van der Waals surface area contributed by atoms with Crippen molar-refractivity contribution in [2.24, 2.45) is 5.73 Å². The van der Waals surface area contributed by atoms with Gasteiger partial charge in [-0.15, -0.1) is 6.58 Å². The van der Waals surface area contributed by atoms with Crippen LogP contribution in [-0.4, -0.2) is 38.1 Å². The number of carbonyl (C=O) groups excluding carboxylic acids is 2. The molecule has 0 bridgehead atoms. The first-order valence-electron chi connectivity index (χ1n) is 10.3. The summed E-state index contributed by atoms with van der Waals surface area (Å²) in [6, 6.07) is 9.07. The molecule has 1 atom stereocenters. The smallest absolute Gasteiger partial charge is 0.333 e. The number of nitrogens with one attached hydrogen (secondary N) is 2. The highest BCUT2D eigenvalue weighted by atomic mass is 35.5. The van der Waals surface area contributed by atoms with Gasteiger partial charge in [-0.1, -0.05) is 24.3 Å². The number of anilines is 1. The molecule has 0 aliphatic rings. The number of hydrogen-bond acceptors (Lipinski definition) is 7. The SMILES string of the molecule is C=CCc1cc(Cl)cc(C(Nc2ccc(C(=N)N)cc2)C(=O)OC)c1OCCOC(=O)C(=C)C. The van der Waals surface area contributed by atoms with Gasteiger partial charge in [0.25, 0.3) is 0 Å². The molecule has 34 heavy (non-hydrogen) atoms. The van der Waals surface area contributed by atoms with Gasteiger partial charge < -0.3 is 25.3 Å². The van der Waals surface area contributed by atoms with Crippen molar-refractivity contribution in [3.05, 3.63) is 82.9 Å². The van der Waals surface area contributed by atoms with Crippen LogP contribution in [-0.2, 0) is 25.5 Å². The molecule has 0 heterocycles. The number of benzene rings is 2. The average molecular weight is 486 g/mol. The van der Waals surface area contributed by atoms with E-state index in [4.69, 9.17) is 37.0 Å². The molecule has 2 rings (SSSR count). The van der Waals surface area contributed by atoms with Gasteiger partial charge in [0.15, 0.2) is 6.04 Å². The van der Waals surface area contributed by atoms with Crippen molar-refractivity contribution in [1.82, 2.24) is 0 Å². The molecule has 0 spiro atoms. The Kier molecular flexibility index (Phi) is 9.70. The highest BCUT2D eigenvalue weighted by molar-refractivity contribution is 6.30. The predicted molar refractivity (Wildman–Crippen MR) is 132 cm³/mol. The number of ether oxygens (including phenoxy) is 3. The number of methoxy groups -OCH3 is 1. The van der Waals surface area contributed by atoms with E-state index in [0.29, 0.717) is 39.6 Å². The van der Waals surface area contributed by atoms with Gasteiger partial charge in [-0.2, -0.15) is 0 Å². The third-order valence-electron chi connectivity index (χ3n) is 4.69. The summed E-state index contributed by atoms with van der Waals surface area (Å²) in [5.74, 6) is -0.752. The van der Waals surface area contributed by atoms with Crippen LogP contribution in [0, 0.1) is 5.41 Å². The molecule has 180 valence electrons. The molecule has 0 saturated heterocycles. The average Bonchev–Trinajstić information content (AvgIpc) is 2.80. The lowest BCUT2D eigenvalue weighted by molar-refractivity contribution is -0.141. The fraction of sp³-hybridized carbons (Fsp3) is 0.240. The molecule has 0 aliphatic heterocycles. The number of hydrogen-bond donors (Lipinski definition) is 3. The van der Waals surface area contributed by atoms with E-state index in [2.05, 4.69) is 18.5 Å². The van der Waals surface area contributed by atoms with E-state index < -0.39 is 18.0 Å². The Morgan fingerprint density at radius 1 is 1.24 bits per heavy atom. The third kappa shape index (κ3) is 7.11. The van der Waals surface area contributed by atoms with Crippen LogP contribution in [0.1, 0.15) is 29.7 Å². The lowest BCUT2D eigenvalue weighted by Crippen LogP contribution is -2.24. The Morgan fingerprint density at radius 2 is 1.91 bits per heavy atom. The minimum atomic E-state index is -0.969. The maximum absolute atomic E-state index is 12.8. The molecule has 2 aromatic carbocycles. The summed E-state index contributed by atoms with van der Waals surface area (Å²) in [4.78, 5) is 24.4. The Morgan fingerprint density at radius 3 is 2.47 bits per heavy atom. The van der Waals surface area contributed by atoms with E-state index in [-0.39, 0.29) is 24.6 Å². The summed E-state index contributed by atoms with van der Waals surface area (Å²) in [6.45, 7) is 8.90. The van der Waals surface area contributed by atoms with Crippen LogP contribution in [0.4, 0.5) is 5.69 Å². The molecule has 0 aromatic heterocycles. The number of nitrogen functional groups attached to an aromatic ring is 1. The van der Waals surface area contributed by atoms with Crippen molar-refractivity contribution in [2.45, 2.75) is 19.4 Å². The van der Waals surface area contributed by atoms with Crippen molar-refractivity contribution in [3.63, 3.8) is 0 Å². The van der Waals surface area contributed by atoms with Crippen LogP contribution in [0.15, 0.2) is 61.2 Å². The summed E-state index contributed by atoms with van der Waals surface area (Å²) in [6.07, 6.45) is 2.11. The maximum Gasteiger partial charge on any atom is 0.333 e. The molecule has 1 unspecified atom stereocenters. The Labute approximate surface area is 203 Å². The molecular weight excluding hydrogens is 458 g/mol. The molecule has 0 amide bonds. The summed E-state index contributed by atoms with van der Waals surface area (Å²) in [7, 11) is 1.28. The van der Waals surface area contributed by atoms with E-state index in [1.807, 2.05) is 0 Å². The molecule has 0 saturated carbocycles. The van der Waals surface area contributed by atoms with Gasteiger partial charge in [-0.25, -0.2) is 9.59 Å². The molecule has 0 aliphatic carbocycles. The summed E-state index contributed by atoms with van der Waals surface area (Å²) < 4.78 is 16.1. The lowest BCUT2D eigenvalue weighted by atomic mass is 9.99. The van der Waals surface area contributed by atoms with E-state index in [1.54, 1.807) is 49.4 Å². The first-order valence-corrected chi connectivity index (χ1v) is 10.7. The first kappa shape index (κ1) is 26.5. The second kappa shape index (κ2) is 12.5. The Hall–Kier alpha value is -3.78. The fourth-order valence-corrected chi connectivity index (χ4v) is 3.32. The van der Waals surface area contributed by atoms with E-state index in [0.717, 1.165) is 0 Å². The largest absolute Gasteiger partial charge is 0.489 e. The quantitative estimate of drug-likeness (QED) is 0.103. The number of allylic oxidation sites excluding steroid dienone is 1. The first-order chi connectivity index (χ1) is 16.2. The van der Waals surface area contributed by atoms with Crippen molar-refractivity contribution in [2.75, 3.05) is 25.6 Å². The van der Waals surface area contributed by atoms with Crippen LogP contribution in [0.5, 0.6) is 5.75 Å². The number of carbonyl (C=O) groups is 2. The van der Waals surface area contributed by atoms with Gasteiger partial charge in [0.05, 0.1) is 7.11 Å². The Bertz CT molecular complexity index is 1080. The van der Waals surface area contributed by atoms with Crippen LogP contribution in [0.3, 0.4) is 0 Å². The normalized spacial score (nSPS) is 11.1. The van der Waals surface area contributed by atoms with E-state index >= 15 is 0 Å². The van der Waals surface area contributed by atoms with Gasteiger partial charge in [-0.05, 0) is 55.3 Å². The van der Waals surface area contributed by atoms with Crippen LogP contribution < -0.4 is 15.8 Å². The van der Waals surface area contributed by atoms with Crippen LogP contribution in [0.2, 0.25) is 5.02 Å². The summed E-state index contributed by atoms with van der Waals surface area (Å²) in [5, 5.41) is 11.1. The fourth-order valence-electron chi connectivity index (χ4n) is 3.07. The maximum atomic E-state index is 12.8. The van der Waals surface area contributed by atoms with Crippen molar-refractivity contribution in [1.29, 1.82) is 5.41 Å². The molecule has 2 aromatic rings. The molecule has 4 N–H and O–H groups in total. The van der Waals surface area contributed by atoms with Gasteiger partial charge in [0, 0.05) is 27.4 Å². The minimum Gasteiger partial charge on any atom is -0.489 e. The summed E-state index contributed by atoms with van der Waals surface area (Å²) >= 11 is 6.36. The number of esters is 2. The lowest BCUT2D eigenvalue weighted by Gasteiger charge is -2.23. The van der Waals surface area contributed by atoms with Gasteiger partial charge in [0.2, 0.25) is 0 Å². The molecule has 9 heteroatoms. The second-order valence-electron chi connectivity index (χ2n) is 7.33. The van der Waals surface area contributed by atoms with Crippen molar-refractivity contribution < 1.29 is 23.8 Å². The highest BCUT2D eigenvalue weighted by Crippen LogP contribution is 2.36. The van der Waals surface area contributed by atoms with Crippen molar-refractivity contribution >= 4 is 35.1 Å². The monoisotopic (exact) mass is 485 g/mol. The molecule has 0 fully saturated rings. The zero-order valence-electron chi connectivity index (χ0n) is 19.2.